The molecule has 0 atom stereocenters. The third kappa shape index (κ3) is 3.99. The Kier molecular flexibility index (Phi) is 4.54. The number of rotatable bonds is 5. The van der Waals surface area contributed by atoms with Crippen molar-refractivity contribution in [2.45, 2.75) is 18.4 Å². The van der Waals surface area contributed by atoms with E-state index in [0.29, 0.717) is 5.82 Å². The molecule has 0 spiro atoms. The van der Waals surface area contributed by atoms with E-state index in [1.807, 2.05) is 25.9 Å². The lowest BCUT2D eigenvalue weighted by molar-refractivity contribution is 0.579. The molecule has 0 radical (unpaired) electrons. The topological polar surface area (TPSA) is 75.2 Å². The molecular weight excluding hydrogens is 288 g/mol. The maximum Gasteiger partial charge on any atom is 0.240 e. The van der Waals surface area contributed by atoms with E-state index in [4.69, 9.17) is 0 Å². The maximum absolute atomic E-state index is 12.2. The Bertz CT molecular complexity index is 712. The summed E-state index contributed by atoms with van der Waals surface area (Å²) in [6.45, 7) is 1.96. The monoisotopic (exact) mass is 306 g/mol. The number of nitrogens with zero attached hydrogens (tertiary/aromatic N) is 3. The zero-order chi connectivity index (χ0) is 15.5. The largest absolute Gasteiger partial charge is 0.363 e. The van der Waals surface area contributed by atoms with Gasteiger partial charge in [0.1, 0.15) is 11.6 Å². The van der Waals surface area contributed by atoms with Crippen molar-refractivity contribution in [1.82, 2.24) is 14.7 Å². The third-order valence-electron chi connectivity index (χ3n) is 2.90. The van der Waals surface area contributed by atoms with Crippen LogP contribution in [0.2, 0.25) is 0 Å². The van der Waals surface area contributed by atoms with E-state index >= 15 is 0 Å². The lowest BCUT2D eigenvalue weighted by atomic mass is 10.2. The quantitative estimate of drug-likeness (QED) is 0.902. The minimum absolute atomic E-state index is 0.0535. The third-order valence-corrected chi connectivity index (χ3v) is 4.32. The summed E-state index contributed by atoms with van der Waals surface area (Å²) in [4.78, 5) is 10.4. The highest BCUT2D eigenvalue weighted by Crippen LogP contribution is 2.11. The first kappa shape index (κ1) is 15.4. The van der Waals surface area contributed by atoms with Gasteiger partial charge in [0.25, 0.3) is 0 Å². The summed E-state index contributed by atoms with van der Waals surface area (Å²) in [5.41, 5.74) is 1.01. The second kappa shape index (κ2) is 6.19. The first-order valence-electron chi connectivity index (χ1n) is 6.44. The molecule has 21 heavy (non-hydrogen) atoms. The fourth-order valence-corrected chi connectivity index (χ4v) is 2.66. The van der Waals surface area contributed by atoms with Gasteiger partial charge in [0.2, 0.25) is 10.0 Å². The summed E-state index contributed by atoms with van der Waals surface area (Å²) in [5, 5.41) is 0. The van der Waals surface area contributed by atoms with Gasteiger partial charge in [-0.1, -0.05) is 17.7 Å². The van der Waals surface area contributed by atoms with Gasteiger partial charge < -0.3 is 4.90 Å². The van der Waals surface area contributed by atoms with Crippen LogP contribution in [0.15, 0.2) is 41.4 Å². The van der Waals surface area contributed by atoms with Gasteiger partial charge in [0.05, 0.1) is 11.4 Å². The van der Waals surface area contributed by atoms with Crippen LogP contribution in [-0.2, 0) is 16.6 Å². The number of sulfonamides is 1. The molecule has 7 heteroatoms. The molecule has 0 saturated carbocycles. The maximum atomic E-state index is 12.2. The van der Waals surface area contributed by atoms with E-state index in [1.165, 1.54) is 0 Å². The predicted octanol–water partition coefficient (Wildman–Crippen LogP) is 1.33. The normalized spacial score (nSPS) is 11.4. The average Bonchev–Trinajstić information content (AvgIpc) is 2.46. The van der Waals surface area contributed by atoms with Crippen molar-refractivity contribution in [3.05, 3.63) is 47.9 Å². The van der Waals surface area contributed by atoms with Crippen LogP contribution >= 0.6 is 0 Å². The first-order chi connectivity index (χ1) is 9.88. The number of hydrogen-bond donors (Lipinski definition) is 1. The Morgan fingerprint density at radius 2 is 1.81 bits per heavy atom. The van der Waals surface area contributed by atoms with Gasteiger partial charge in [-0.05, 0) is 25.1 Å². The first-order valence-corrected chi connectivity index (χ1v) is 7.92. The number of anilines is 1. The molecule has 1 N–H and O–H groups in total. The van der Waals surface area contributed by atoms with Crippen molar-refractivity contribution in [1.29, 1.82) is 0 Å². The minimum atomic E-state index is -3.55. The molecule has 1 aromatic heterocycles. The molecule has 2 rings (SSSR count). The molecule has 0 amide bonds. The molecule has 0 aliphatic carbocycles. The second-order valence-corrected chi connectivity index (χ2v) is 6.63. The van der Waals surface area contributed by atoms with Crippen LogP contribution < -0.4 is 9.62 Å². The summed E-state index contributed by atoms with van der Waals surface area (Å²) < 4.78 is 26.8. The summed E-state index contributed by atoms with van der Waals surface area (Å²) in [6.07, 6.45) is 1.61. The van der Waals surface area contributed by atoms with E-state index in [-0.39, 0.29) is 11.4 Å². The lowest BCUT2D eigenvalue weighted by Crippen LogP contribution is -2.24. The van der Waals surface area contributed by atoms with Crippen LogP contribution in [0, 0.1) is 6.92 Å². The van der Waals surface area contributed by atoms with Gasteiger partial charge >= 0.3 is 0 Å². The molecule has 0 fully saturated rings. The van der Waals surface area contributed by atoms with E-state index in [2.05, 4.69) is 14.7 Å². The Morgan fingerprint density at radius 1 is 1.14 bits per heavy atom. The van der Waals surface area contributed by atoms with Gasteiger partial charge in [-0.3, -0.25) is 0 Å². The van der Waals surface area contributed by atoms with Crippen LogP contribution in [-0.4, -0.2) is 32.5 Å². The number of hydrogen-bond acceptors (Lipinski definition) is 5. The van der Waals surface area contributed by atoms with E-state index in [1.54, 1.807) is 36.5 Å². The smallest absolute Gasteiger partial charge is 0.240 e. The number of benzene rings is 1. The van der Waals surface area contributed by atoms with Gasteiger partial charge in [0, 0.05) is 20.3 Å². The van der Waals surface area contributed by atoms with Crippen molar-refractivity contribution >= 4 is 15.8 Å². The highest BCUT2D eigenvalue weighted by molar-refractivity contribution is 7.89. The van der Waals surface area contributed by atoms with Gasteiger partial charge in [-0.15, -0.1) is 0 Å². The zero-order valence-corrected chi connectivity index (χ0v) is 13.1. The van der Waals surface area contributed by atoms with Crippen LogP contribution in [0.25, 0.3) is 0 Å². The fraction of sp³-hybridized carbons (Fsp3) is 0.286. The van der Waals surface area contributed by atoms with E-state index < -0.39 is 10.0 Å². The standard InChI is InChI=1S/C14H18N4O2S/c1-11-4-6-12(7-5-11)21(19,20)16-10-13-15-9-8-14(17-13)18(2)3/h4-9,16H,10H2,1-3H3. The van der Waals surface area contributed by atoms with Crippen molar-refractivity contribution in [2.75, 3.05) is 19.0 Å². The molecule has 0 bridgehead atoms. The molecule has 0 saturated heterocycles. The van der Waals surface area contributed by atoms with Crippen LogP contribution in [0.4, 0.5) is 5.82 Å². The molecule has 0 aliphatic rings. The highest BCUT2D eigenvalue weighted by Gasteiger charge is 2.14. The molecule has 6 nitrogen and oxygen atoms in total. The summed E-state index contributed by atoms with van der Waals surface area (Å²) >= 11 is 0. The van der Waals surface area contributed by atoms with Gasteiger partial charge in [-0.2, -0.15) is 0 Å². The average molecular weight is 306 g/mol. The summed E-state index contributed by atoms with van der Waals surface area (Å²) in [7, 11) is 0.175. The van der Waals surface area contributed by atoms with E-state index in [9.17, 15) is 8.42 Å². The highest BCUT2D eigenvalue weighted by atomic mass is 32.2. The zero-order valence-electron chi connectivity index (χ0n) is 12.2. The molecule has 1 aromatic carbocycles. The summed E-state index contributed by atoms with van der Waals surface area (Å²) in [6, 6.07) is 8.44. The van der Waals surface area contributed by atoms with Gasteiger partial charge in [0.15, 0.2) is 0 Å². The number of aromatic nitrogens is 2. The second-order valence-electron chi connectivity index (χ2n) is 4.86. The molecule has 0 unspecified atom stereocenters. The molecule has 2 aromatic rings. The van der Waals surface area contributed by atoms with Crippen molar-refractivity contribution in [2.24, 2.45) is 0 Å². The van der Waals surface area contributed by atoms with Crippen molar-refractivity contribution < 1.29 is 8.42 Å². The Morgan fingerprint density at radius 3 is 2.43 bits per heavy atom. The fourth-order valence-electron chi connectivity index (χ4n) is 1.68. The van der Waals surface area contributed by atoms with E-state index in [0.717, 1.165) is 11.4 Å². The lowest BCUT2D eigenvalue weighted by Gasteiger charge is -2.12. The van der Waals surface area contributed by atoms with Crippen molar-refractivity contribution in [3.8, 4) is 0 Å². The predicted molar refractivity (Wildman–Crippen MR) is 81.6 cm³/mol. The molecule has 1 heterocycles. The summed E-state index contributed by atoms with van der Waals surface area (Å²) in [5.74, 6) is 1.16. The van der Waals surface area contributed by atoms with Crippen LogP contribution in [0.1, 0.15) is 11.4 Å². The number of nitrogens with one attached hydrogen (secondary N) is 1. The molecular formula is C14H18N4O2S. The Hall–Kier alpha value is -1.99. The minimum Gasteiger partial charge on any atom is -0.363 e. The van der Waals surface area contributed by atoms with Crippen LogP contribution in [0.3, 0.4) is 0 Å². The Balaban J connectivity index is 2.11. The van der Waals surface area contributed by atoms with Gasteiger partial charge in [-0.25, -0.2) is 23.1 Å². The molecule has 112 valence electrons. The van der Waals surface area contributed by atoms with Crippen LogP contribution in [0.5, 0.6) is 0 Å². The SMILES string of the molecule is Cc1ccc(S(=O)(=O)NCc2nccc(N(C)C)n2)cc1. The Labute approximate surface area is 124 Å². The van der Waals surface area contributed by atoms with Crippen molar-refractivity contribution in [3.63, 3.8) is 0 Å². The molecule has 0 aliphatic heterocycles. The number of aryl methyl sites for hydroxylation is 1.